The monoisotopic (exact) mass is 498 g/mol. The molecule has 10 nitrogen and oxygen atoms in total. The fourth-order valence-corrected chi connectivity index (χ4v) is 4.82. The molecule has 0 spiro atoms. The Labute approximate surface area is 205 Å². The Hall–Kier alpha value is -3.47. The van der Waals surface area contributed by atoms with Crippen molar-refractivity contribution in [3.63, 3.8) is 0 Å². The van der Waals surface area contributed by atoms with E-state index in [4.69, 9.17) is 21.1 Å². The van der Waals surface area contributed by atoms with E-state index in [2.05, 4.69) is 32.0 Å². The SMILES string of the molecule is O=C(O)c1ccc(Oc2nc3nc(C4C=CC(N5CCOCC5)CC4)c(Cl)cc3[nH]2)cc1C(=O)O. The maximum Gasteiger partial charge on any atom is 0.336 e. The predicted molar refractivity (Wildman–Crippen MR) is 127 cm³/mol. The molecule has 0 amide bonds. The molecule has 0 saturated carbocycles. The van der Waals surface area contributed by atoms with Gasteiger partial charge < -0.3 is 24.7 Å². The van der Waals surface area contributed by atoms with Crippen LogP contribution in [0.4, 0.5) is 0 Å². The smallest absolute Gasteiger partial charge is 0.336 e. The first-order chi connectivity index (χ1) is 16.9. The second-order valence-electron chi connectivity index (χ2n) is 8.47. The minimum absolute atomic E-state index is 0.0759. The zero-order chi connectivity index (χ0) is 24.5. The maximum absolute atomic E-state index is 11.4. The molecule has 11 heteroatoms. The van der Waals surface area contributed by atoms with Crippen LogP contribution in [0.25, 0.3) is 11.2 Å². The zero-order valence-electron chi connectivity index (χ0n) is 18.6. The molecule has 2 aromatic heterocycles. The highest BCUT2D eigenvalue weighted by molar-refractivity contribution is 6.31. The second kappa shape index (κ2) is 9.65. The molecule has 3 heterocycles. The summed E-state index contributed by atoms with van der Waals surface area (Å²) in [6.45, 7) is 3.41. The van der Waals surface area contributed by atoms with Crippen molar-refractivity contribution in [1.29, 1.82) is 0 Å². The van der Waals surface area contributed by atoms with Crippen molar-refractivity contribution >= 4 is 34.7 Å². The first kappa shape index (κ1) is 23.3. The molecule has 1 saturated heterocycles. The molecule has 3 N–H and O–H groups in total. The molecule has 1 fully saturated rings. The van der Waals surface area contributed by atoms with Gasteiger partial charge >= 0.3 is 17.9 Å². The third-order valence-corrected chi connectivity index (χ3v) is 6.61. The number of carbonyl (C=O) groups is 2. The number of H-pyrrole nitrogens is 1. The fourth-order valence-electron chi connectivity index (χ4n) is 4.53. The molecule has 1 aliphatic carbocycles. The summed E-state index contributed by atoms with van der Waals surface area (Å²) in [6.07, 6.45) is 6.30. The third kappa shape index (κ3) is 4.86. The molecule has 3 aromatic rings. The molecular formula is C24H23ClN4O6. The van der Waals surface area contributed by atoms with E-state index in [0.29, 0.717) is 22.2 Å². The lowest BCUT2D eigenvalue weighted by atomic mass is 9.89. The number of hydrogen-bond donors (Lipinski definition) is 3. The number of fused-ring (bicyclic) bond motifs is 1. The number of aromatic carboxylic acids is 2. The van der Waals surface area contributed by atoms with Crippen LogP contribution in [0.15, 0.2) is 36.4 Å². The number of allylic oxidation sites excluding steroid dienone is 1. The van der Waals surface area contributed by atoms with Crippen LogP contribution in [-0.2, 0) is 4.74 Å². The Morgan fingerprint density at radius 3 is 2.51 bits per heavy atom. The van der Waals surface area contributed by atoms with Gasteiger partial charge in [0.25, 0.3) is 0 Å². The number of benzene rings is 1. The molecule has 2 atom stereocenters. The van der Waals surface area contributed by atoms with Gasteiger partial charge in [-0.25, -0.2) is 14.6 Å². The van der Waals surface area contributed by atoms with E-state index in [1.54, 1.807) is 6.07 Å². The van der Waals surface area contributed by atoms with Crippen LogP contribution in [0.1, 0.15) is 45.2 Å². The molecule has 35 heavy (non-hydrogen) atoms. The quantitative estimate of drug-likeness (QED) is 0.431. The number of nitrogens with one attached hydrogen (secondary N) is 1. The number of rotatable bonds is 6. The van der Waals surface area contributed by atoms with Gasteiger partial charge in [0.2, 0.25) is 0 Å². The Bertz CT molecular complexity index is 1320. The summed E-state index contributed by atoms with van der Waals surface area (Å²) >= 11 is 6.56. The molecule has 2 aliphatic rings. The predicted octanol–water partition coefficient (Wildman–Crippen LogP) is 3.93. The van der Waals surface area contributed by atoms with Crippen molar-refractivity contribution in [2.75, 3.05) is 26.3 Å². The molecule has 1 aliphatic heterocycles. The van der Waals surface area contributed by atoms with E-state index in [9.17, 15) is 19.8 Å². The summed E-state index contributed by atoms with van der Waals surface area (Å²) in [5, 5.41) is 19.0. The van der Waals surface area contributed by atoms with Gasteiger partial charge in [0.1, 0.15) is 5.75 Å². The first-order valence-corrected chi connectivity index (χ1v) is 11.6. The largest absolute Gasteiger partial charge is 0.478 e. The summed E-state index contributed by atoms with van der Waals surface area (Å²) in [5.74, 6) is -2.50. The van der Waals surface area contributed by atoms with E-state index in [1.165, 1.54) is 12.1 Å². The molecule has 1 aromatic carbocycles. The lowest BCUT2D eigenvalue weighted by Crippen LogP contribution is -2.43. The summed E-state index contributed by atoms with van der Waals surface area (Å²) < 4.78 is 11.1. The van der Waals surface area contributed by atoms with Gasteiger partial charge in [-0.05, 0) is 37.1 Å². The number of carboxylic acids is 2. The number of imidazole rings is 1. The van der Waals surface area contributed by atoms with Crippen molar-refractivity contribution in [3.05, 3.63) is 58.3 Å². The van der Waals surface area contributed by atoms with Gasteiger partial charge in [0.05, 0.1) is 40.6 Å². The first-order valence-electron chi connectivity index (χ1n) is 11.2. The Kier molecular flexibility index (Phi) is 6.42. The number of carboxylic acid groups (broad SMARTS) is 2. The second-order valence-corrected chi connectivity index (χ2v) is 8.88. The standard InChI is InChI=1S/C24H23ClN4O6/c25-18-12-19-21(27-20(18)13-1-3-14(4-2-13)29-7-9-34-10-8-29)28-24(26-19)35-15-5-6-16(22(30)31)17(11-15)23(32)33/h1,3,5-6,11-14H,2,4,7-10H2,(H,30,31)(H,32,33)(H,26,27,28). The van der Waals surface area contributed by atoms with Gasteiger partial charge in [-0.15, -0.1) is 0 Å². The van der Waals surface area contributed by atoms with Gasteiger partial charge in [-0.1, -0.05) is 23.8 Å². The van der Waals surface area contributed by atoms with Crippen LogP contribution in [0, 0.1) is 0 Å². The van der Waals surface area contributed by atoms with Crippen LogP contribution < -0.4 is 4.74 Å². The highest BCUT2D eigenvalue weighted by atomic mass is 35.5. The van der Waals surface area contributed by atoms with Crippen LogP contribution in [0.3, 0.4) is 0 Å². The van der Waals surface area contributed by atoms with Crippen molar-refractivity contribution in [2.45, 2.75) is 24.8 Å². The number of aromatic nitrogens is 3. The van der Waals surface area contributed by atoms with Crippen molar-refractivity contribution in [2.24, 2.45) is 0 Å². The zero-order valence-corrected chi connectivity index (χ0v) is 19.4. The Morgan fingerprint density at radius 1 is 1.06 bits per heavy atom. The number of aromatic amines is 1. The van der Waals surface area contributed by atoms with Crippen LogP contribution in [-0.4, -0.2) is 74.3 Å². The maximum atomic E-state index is 11.4. The normalized spacial score (nSPS) is 20.7. The molecule has 182 valence electrons. The lowest BCUT2D eigenvalue weighted by Gasteiger charge is -2.35. The molecule has 0 bridgehead atoms. The van der Waals surface area contributed by atoms with E-state index in [0.717, 1.165) is 50.9 Å². The van der Waals surface area contributed by atoms with Crippen molar-refractivity contribution in [1.82, 2.24) is 19.9 Å². The van der Waals surface area contributed by atoms with E-state index in [-0.39, 0.29) is 28.8 Å². The number of pyridine rings is 1. The van der Waals surface area contributed by atoms with Gasteiger partial charge in [0, 0.05) is 25.0 Å². The highest BCUT2D eigenvalue weighted by Crippen LogP contribution is 2.35. The van der Waals surface area contributed by atoms with E-state index >= 15 is 0 Å². The average Bonchev–Trinajstić information content (AvgIpc) is 3.24. The Morgan fingerprint density at radius 2 is 1.83 bits per heavy atom. The lowest BCUT2D eigenvalue weighted by molar-refractivity contribution is 0.0228. The van der Waals surface area contributed by atoms with E-state index in [1.807, 2.05) is 0 Å². The van der Waals surface area contributed by atoms with Crippen LogP contribution >= 0.6 is 11.6 Å². The molecule has 2 unspecified atom stereocenters. The van der Waals surface area contributed by atoms with Gasteiger partial charge in [-0.2, -0.15) is 4.98 Å². The van der Waals surface area contributed by atoms with Crippen LogP contribution in [0.5, 0.6) is 11.8 Å². The number of nitrogens with zero attached hydrogens (tertiary/aromatic N) is 3. The third-order valence-electron chi connectivity index (χ3n) is 6.30. The summed E-state index contributed by atoms with van der Waals surface area (Å²) in [4.78, 5) is 37.1. The van der Waals surface area contributed by atoms with Gasteiger partial charge in [0.15, 0.2) is 5.65 Å². The van der Waals surface area contributed by atoms with Crippen LogP contribution in [0.2, 0.25) is 5.02 Å². The molecule has 5 rings (SSSR count). The number of ether oxygens (including phenoxy) is 2. The fraction of sp³-hybridized carbons (Fsp3) is 0.333. The average molecular weight is 499 g/mol. The minimum Gasteiger partial charge on any atom is -0.478 e. The summed E-state index contributed by atoms with van der Waals surface area (Å²) in [7, 11) is 0. The highest BCUT2D eigenvalue weighted by Gasteiger charge is 2.26. The number of hydrogen-bond acceptors (Lipinski definition) is 7. The molecule has 0 radical (unpaired) electrons. The van der Waals surface area contributed by atoms with Crippen molar-refractivity contribution in [3.8, 4) is 11.8 Å². The topological polar surface area (TPSA) is 138 Å². The van der Waals surface area contributed by atoms with E-state index < -0.39 is 11.9 Å². The summed E-state index contributed by atoms with van der Waals surface area (Å²) in [6, 6.07) is 5.92. The number of halogens is 1. The number of morpholine rings is 1. The Balaban J connectivity index is 1.36. The minimum atomic E-state index is -1.37. The summed E-state index contributed by atoms with van der Waals surface area (Å²) in [5.41, 5.74) is 1.02. The molecular weight excluding hydrogens is 476 g/mol. The van der Waals surface area contributed by atoms with Gasteiger partial charge in [-0.3, -0.25) is 4.90 Å². The van der Waals surface area contributed by atoms with Crippen molar-refractivity contribution < 1.29 is 29.3 Å².